The number of carbonyl (C=O) groups excluding carboxylic acids is 1. The van der Waals surface area contributed by atoms with Crippen LogP contribution in [0.3, 0.4) is 0 Å². The summed E-state index contributed by atoms with van der Waals surface area (Å²) in [6.45, 7) is 3.44. The fourth-order valence-corrected chi connectivity index (χ4v) is 1.63. The van der Waals surface area contributed by atoms with Crippen molar-refractivity contribution in [2.24, 2.45) is 0 Å². The van der Waals surface area contributed by atoms with Gasteiger partial charge in [0.15, 0.2) is 0 Å². The summed E-state index contributed by atoms with van der Waals surface area (Å²) in [5.41, 5.74) is 0.631. The first-order valence-corrected chi connectivity index (χ1v) is 6.13. The molecule has 6 nitrogen and oxygen atoms in total. The van der Waals surface area contributed by atoms with Gasteiger partial charge in [-0.05, 0) is 25.5 Å². The van der Waals surface area contributed by atoms with Crippen LogP contribution in [0.4, 0.5) is 10.5 Å². The van der Waals surface area contributed by atoms with Crippen LogP contribution in [0.15, 0.2) is 24.5 Å². The molecule has 0 radical (unpaired) electrons. The number of hydrogen-bond acceptors (Lipinski definition) is 3. The fourth-order valence-electron chi connectivity index (χ4n) is 1.63. The lowest BCUT2D eigenvalue weighted by molar-refractivity contribution is -0.138. The standard InChI is InChI=1S/C13H19N3O3/c1-4-10(2)16(9-12(17)18)13(19)15(3)11-6-5-7-14-8-11/h5-8,10H,4,9H2,1-3H3,(H,17,18). The Hall–Kier alpha value is -2.11. The van der Waals surface area contributed by atoms with Crippen LogP contribution in [-0.2, 0) is 4.79 Å². The fraction of sp³-hybridized carbons (Fsp3) is 0.462. The van der Waals surface area contributed by atoms with E-state index in [-0.39, 0.29) is 18.6 Å². The molecule has 1 aromatic heterocycles. The SMILES string of the molecule is CCC(C)N(CC(=O)O)C(=O)N(C)c1cccnc1. The Labute approximate surface area is 112 Å². The molecule has 0 aliphatic rings. The number of amides is 2. The molecule has 0 aliphatic heterocycles. The van der Waals surface area contributed by atoms with Crippen molar-refractivity contribution in [3.8, 4) is 0 Å². The van der Waals surface area contributed by atoms with Gasteiger partial charge >= 0.3 is 12.0 Å². The van der Waals surface area contributed by atoms with Gasteiger partial charge in [0.1, 0.15) is 6.54 Å². The van der Waals surface area contributed by atoms with Gasteiger partial charge in [0.25, 0.3) is 0 Å². The zero-order chi connectivity index (χ0) is 14.4. The topological polar surface area (TPSA) is 73.7 Å². The highest BCUT2D eigenvalue weighted by Crippen LogP contribution is 2.14. The zero-order valence-corrected chi connectivity index (χ0v) is 11.4. The second-order valence-corrected chi connectivity index (χ2v) is 4.33. The van der Waals surface area contributed by atoms with Crippen LogP contribution in [0, 0.1) is 0 Å². The molecule has 0 aliphatic carbocycles. The normalized spacial score (nSPS) is 11.7. The number of urea groups is 1. The lowest BCUT2D eigenvalue weighted by Crippen LogP contribution is -2.48. The highest BCUT2D eigenvalue weighted by Gasteiger charge is 2.25. The molecule has 1 heterocycles. The van der Waals surface area contributed by atoms with Gasteiger partial charge in [-0.1, -0.05) is 6.92 Å². The van der Waals surface area contributed by atoms with Crippen molar-refractivity contribution in [2.45, 2.75) is 26.3 Å². The van der Waals surface area contributed by atoms with E-state index in [4.69, 9.17) is 5.11 Å². The Morgan fingerprint density at radius 1 is 1.47 bits per heavy atom. The third-order valence-electron chi connectivity index (χ3n) is 2.99. The smallest absolute Gasteiger partial charge is 0.325 e. The van der Waals surface area contributed by atoms with E-state index in [9.17, 15) is 9.59 Å². The molecular formula is C13H19N3O3. The van der Waals surface area contributed by atoms with E-state index in [0.717, 1.165) is 0 Å². The van der Waals surface area contributed by atoms with E-state index in [1.165, 1.54) is 9.80 Å². The van der Waals surface area contributed by atoms with Gasteiger partial charge in [-0.25, -0.2) is 4.79 Å². The molecule has 6 heteroatoms. The lowest BCUT2D eigenvalue weighted by atomic mass is 10.2. The van der Waals surface area contributed by atoms with Gasteiger partial charge in [-0.2, -0.15) is 0 Å². The number of rotatable bonds is 5. The van der Waals surface area contributed by atoms with Crippen molar-refractivity contribution in [1.82, 2.24) is 9.88 Å². The summed E-state index contributed by atoms with van der Waals surface area (Å²) in [7, 11) is 1.61. The van der Waals surface area contributed by atoms with Gasteiger partial charge in [0, 0.05) is 19.3 Å². The van der Waals surface area contributed by atoms with Crippen molar-refractivity contribution in [1.29, 1.82) is 0 Å². The van der Waals surface area contributed by atoms with Gasteiger partial charge in [0.05, 0.1) is 11.9 Å². The molecular weight excluding hydrogens is 246 g/mol. The average molecular weight is 265 g/mol. The van der Waals surface area contributed by atoms with E-state index in [2.05, 4.69) is 4.98 Å². The second kappa shape index (κ2) is 6.72. The van der Waals surface area contributed by atoms with Crippen molar-refractivity contribution in [3.05, 3.63) is 24.5 Å². The Balaban J connectivity index is 2.90. The maximum absolute atomic E-state index is 12.3. The number of carbonyl (C=O) groups is 2. The molecule has 0 fully saturated rings. The first kappa shape index (κ1) is 14.9. The highest BCUT2D eigenvalue weighted by atomic mass is 16.4. The van der Waals surface area contributed by atoms with E-state index in [0.29, 0.717) is 12.1 Å². The van der Waals surface area contributed by atoms with Crippen molar-refractivity contribution in [2.75, 3.05) is 18.5 Å². The first-order chi connectivity index (χ1) is 8.97. The quantitative estimate of drug-likeness (QED) is 0.881. The zero-order valence-electron chi connectivity index (χ0n) is 11.4. The van der Waals surface area contributed by atoms with Crippen LogP contribution in [0.1, 0.15) is 20.3 Å². The van der Waals surface area contributed by atoms with E-state index >= 15 is 0 Å². The average Bonchev–Trinajstić information content (AvgIpc) is 2.43. The largest absolute Gasteiger partial charge is 0.480 e. The van der Waals surface area contributed by atoms with E-state index < -0.39 is 5.97 Å². The van der Waals surface area contributed by atoms with E-state index in [1.807, 2.05) is 13.8 Å². The van der Waals surface area contributed by atoms with Crippen molar-refractivity contribution < 1.29 is 14.7 Å². The number of nitrogens with zero attached hydrogens (tertiary/aromatic N) is 3. The van der Waals surface area contributed by atoms with Crippen LogP contribution in [0.5, 0.6) is 0 Å². The molecule has 104 valence electrons. The Bertz CT molecular complexity index is 436. The molecule has 0 bridgehead atoms. The van der Waals surface area contributed by atoms with Gasteiger partial charge in [0.2, 0.25) is 0 Å². The molecule has 1 rings (SSSR count). The van der Waals surface area contributed by atoms with Gasteiger partial charge < -0.3 is 10.0 Å². The molecule has 0 spiro atoms. The monoisotopic (exact) mass is 265 g/mol. The summed E-state index contributed by atoms with van der Waals surface area (Å²) in [5.74, 6) is -1.02. The number of anilines is 1. The van der Waals surface area contributed by atoms with Crippen molar-refractivity contribution in [3.63, 3.8) is 0 Å². The molecule has 1 N–H and O–H groups in total. The molecule has 19 heavy (non-hydrogen) atoms. The maximum Gasteiger partial charge on any atom is 0.325 e. The second-order valence-electron chi connectivity index (χ2n) is 4.33. The predicted octanol–water partition coefficient (Wildman–Crippen LogP) is 1.82. The molecule has 1 aromatic rings. The summed E-state index contributed by atoms with van der Waals surface area (Å²) in [4.78, 5) is 29.9. The summed E-state index contributed by atoms with van der Waals surface area (Å²) in [5, 5.41) is 8.90. The number of pyridine rings is 1. The third kappa shape index (κ3) is 3.94. The number of aromatic nitrogens is 1. The maximum atomic E-state index is 12.3. The minimum absolute atomic E-state index is 0.136. The van der Waals surface area contributed by atoms with Gasteiger partial charge in [-0.3, -0.25) is 14.7 Å². The molecule has 2 amide bonds. The number of aliphatic carboxylic acids is 1. The van der Waals surface area contributed by atoms with Crippen LogP contribution >= 0.6 is 0 Å². The van der Waals surface area contributed by atoms with Crippen LogP contribution in [0.25, 0.3) is 0 Å². The first-order valence-electron chi connectivity index (χ1n) is 6.13. The Morgan fingerprint density at radius 2 is 2.16 bits per heavy atom. The number of hydrogen-bond donors (Lipinski definition) is 1. The molecule has 0 aromatic carbocycles. The van der Waals surface area contributed by atoms with Crippen LogP contribution in [-0.4, -0.2) is 46.6 Å². The number of carboxylic acids is 1. The summed E-state index contributed by atoms with van der Waals surface area (Å²) >= 11 is 0. The lowest BCUT2D eigenvalue weighted by Gasteiger charge is -2.31. The molecule has 0 saturated heterocycles. The summed E-state index contributed by atoms with van der Waals surface area (Å²) in [6.07, 6.45) is 3.87. The Morgan fingerprint density at radius 3 is 2.63 bits per heavy atom. The predicted molar refractivity (Wildman–Crippen MR) is 72.1 cm³/mol. The Kier molecular flexibility index (Phi) is 5.29. The minimum atomic E-state index is -1.02. The summed E-state index contributed by atoms with van der Waals surface area (Å²) in [6, 6.07) is 3.00. The molecule has 1 unspecified atom stereocenters. The molecule has 1 atom stereocenters. The highest BCUT2D eigenvalue weighted by molar-refractivity contribution is 5.93. The summed E-state index contributed by atoms with van der Waals surface area (Å²) < 4.78 is 0. The van der Waals surface area contributed by atoms with E-state index in [1.54, 1.807) is 31.6 Å². The number of carboxylic acid groups (broad SMARTS) is 1. The van der Waals surface area contributed by atoms with Crippen LogP contribution < -0.4 is 4.90 Å². The van der Waals surface area contributed by atoms with Crippen molar-refractivity contribution >= 4 is 17.7 Å². The minimum Gasteiger partial charge on any atom is -0.480 e. The third-order valence-corrected chi connectivity index (χ3v) is 2.99. The van der Waals surface area contributed by atoms with Gasteiger partial charge in [-0.15, -0.1) is 0 Å². The molecule has 0 saturated carbocycles. The van der Waals surface area contributed by atoms with Crippen LogP contribution in [0.2, 0.25) is 0 Å².